The fourth-order valence-corrected chi connectivity index (χ4v) is 8.76. The fraction of sp³-hybridized carbons (Fsp3) is 0.319. The third-order valence-electron chi connectivity index (χ3n) is 11.6. The lowest BCUT2D eigenvalue weighted by atomic mass is 9.75. The SMILES string of the molecule is Br.Br.CCCCc1c(C)[nH]c(/C=C2\N=C(CC3=N/C(=C/c4[nH]c(C)c(CCCC)c4C)c4ccc5ccccc5c43)C3=C2C=CC2C=CC=CC32)c1C. The van der Waals surface area contributed by atoms with Gasteiger partial charge in [-0.15, -0.1) is 34.0 Å². The van der Waals surface area contributed by atoms with Crippen molar-refractivity contribution in [2.75, 3.05) is 0 Å². The summed E-state index contributed by atoms with van der Waals surface area (Å²) in [5, 5.41) is 2.49. The summed E-state index contributed by atoms with van der Waals surface area (Å²) in [5.41, 5.74) is 19.8. The Morgan fingerprint density at radius 2 is 1.32 bits per heavy atom. The smallest absolute Gasteiger partial charge is 0.0733 e. The number of unbranched alkanes of at least 4 members (excludes halogenated alkanes) is 2. The van der Waals surface area contributed by atoms with Crippen molar-refractivity contribution in [3.63, 3.8) is 0 Å². The maximum Gasteiger partial charge on any atom is 0.0733 e. The fourth-order valence-electron chi connectivity index (χ4n) is 8.76. The molecule has 0 saturated heterocycles. The molecule has 0 bridgehead atoms. The van der Waals surface area contributed by atoms with E-state index in [4.69, 9.17) is 9.98 Å². The largest absolute Gasteiger partial charge is 0.359 e. The standard InChI is InChI=1S/C47H50N4.2BrH/c1-7-9-17-34-28(3)40(48-30(34)5)25-42-38-23-21-32-15-11-13-19-36(32)46(38)44(50-42)27-45-47-37-20-14-12-16-33(37)22-24-39(47)43(51-45)26-41-29(4)35(18-10-8-2)31(6)49-41;;/h11-16,19-26,32,36,48-49H,7-10,17-18,27H2,1-6H3;2*1H/b42-25-,43-26+;;. The van der Waals surface area contributed by atoms with E-state index < -0.39 is 0 Å². The zero-order valence-corrected chi connectivity index (χ0v) is 35.3. The van der Waals surface area contributed by atoms with Crippen LogP contribution in [0.25, 0.3) is 28.6 Å². The van der Waals surface area contributed by atoms with Crippen molar-refractivity contribution in [1.29, 1.82) is 0 Å². The number of nitrogens with zero attached hydrogens (tertiary/aromatic N) is 2. The van der Waals surface area contributed by atoms with E-state index in [9.17, 15) is 0 Å². The lowest BCUT2D eigenvalue weighted by Gasteiger charge is -2.28. The third kappa shape index (κ3) is 7.05. The van der Waals surface area contributed by atoms with Crippen LogP contribution in [0, 0.1) is 39.5 Å². The zero-order chi connectivity index (χ0) is 35.2. The van der Waals surface area contributed by atoms with E-state index in [1.165, 1.54) is 104 Å². The number of rotatable bonds is 10. The van der Waals surface area contributed by atoms with Crippen LogP contribution in [0.4, 0.5) is 0 Å². The maximum atomic E-state index is 5.51. The number of benzene rings is 2. The van der Waals surface area contributed by atoms with Crippen LogP contribution in [0.5, 0.6) is 0 Å². The number of allylic oxidation sites excluding steroid dienone is 7. The minimum Gasteiger partial charge on any atom is -0.359 e. The predicted octanol–water partition coefficient (Wildman–Crippen LogP) is 13.0. The van der Waals surface area contributed by atoms with Gasteiger partial charge in [-0.25, -0.2) is 0 Å². The average molecular weight is 833 g/mol. The molecule has 2 atom stereocenters. The van der Waals surface area contributed by atoms with E-state index in [1.807, 2.05) is 0 Å². The van der Waals surface area contributed by atoms with Gasteiger partial charge in [0.25, 0.3) is 0 Å². The van der Waals surface area contributed by atoms with Gasteiger partial charge in [-0.3, -0.25) is 9.98 Å². The van der Waals surface area contributed by atoms with Crippen molar-refractivity contribution in [3.05, 3.63) is 146 Å². The van der Waals surface area contributed by atoms with Gasteiger partial charge in [0.05, 0.1) is 22.8 Å². The summed E-state index contributed by atoms with van der Waals surface area (Å²) in [5.74, 6) is 0.602. The van der Waals surface area contributed by atoms with Crippen molar-refractivity contribution >= 4 is 74.0 Å². The number of H-pyrrole nitrogens is 2. The highest BCUT2D eigenvalue weighted by Gasteiger charge is 2.36. The van der Waals surface area contributed by atoms with Crippen LogP contribution in [-0.2, 0) is 12.8 Å². The number of aliphatic imine (C=N–C) groups is 2. The summed E-state index contributed by atoms with van der Waals surface area (Å²) < 4.78 is 0. The molecule has 274 valence electrons. The molecule has 2 aromatic carbocycles. The molecule has 2 unspecified atom stereocenters. The third-order valence-corrected chi connectivity index (χ3v) is 11.6. The molecule has 0 fully saturated rings. The number of aromatic amines is 2. The first-order chi connectivity index (χ1) is 24.9. The Hall–Kier alpha value is -4.00. The van der Waals surface area contributed by atoms with Crippen LogP contribution in [0.3, 0.4) is 0 Å². The summed E-state index contributed by atoms with van der Waals surface area (Å²) in [7, 11) is 0. The van der Waals surface area contributed by atoms with Crippen LogP contribution < -0.4 is 0 Å². The van der Waals surface area contributed by atoms with E-state index >= 15 is 0 Å². The molecular weight excluding hydrogens is 780 g/mol. The van der Waals surface area contributed by atoms with Crippen molar-refractivity contribution < 1.29 is 0 Å². The van der Waals surface area contributed by atoms with Crippen molar-refractivity contribution in [2.24, 2.45) is 21.8 Å². The number of halogens is 2. The summed E-state index contributed by atoms with van der Waals surface area (Å²) in [6.07, 6.45) is 26.0. The minimum atomic E-state index is 0. The number of hydrogen-bond donors (Lipinski definition) is 2. The Balaban J connectivity index is 0.00000240. The van der Waals surface area contributed by atoms with Crippen LogP contribution in [0.2, 0.25) is 0 Å². The van der Waals surface area contributed by atoms with Crippen LogP contribution in [0.15, 0.2) is 99.7 Å². The molecule has 2 aliphatic heterocycles. The maximum absolute atomic E-state index is 5.51. The van der Waals surface area contributed by atoms with E-state index in [0.29, 0.717) is 12.3 Å². The minimum absolute atomic E-state index is 0. The van der Waals surface area contributed by atoms with Gasteiger partial charge >= 0.3 is 0 Å². The van der Waals surface area contributed by atoms with Gasteiger partial charge in [0.15, 0.2) is 0 Å². The summed E-state index contributed by atoms with van der Waals surface area (Å²) in [6.45, 7) is 13.5. The number of aryl methyl sites for hydroxylation is 2. The predicted molar refractivity (Wildman–Crippen MR) is 238 cm³/mol. The number of aromatic nitrogens is 2. The molecule has 4 heterocycles. The molecule has 0 radical (unpaired) electrons. The zero-order valence-electron chi connectivity index (χ0n) is 31.9. The van der Waals surface area contributed by atoms with Crippen molar-refractivity contribution in [2.45, 2.75) is 86.5 Å². The molecule has 4 nitrogen and oxygen atoms in total. The van der Waals surface area contributed by atoms with E-state index in [0.717, 1.165) is 35.7 Å². The first-order valence-corrected chi connectivity index (χ1v) is 19.1. The Bertz CT molecular complexity index is 2310. The van der Waals surface area contributed by atoms with Crippen LogP contribution >= 0.6 is 34.0 Å². The molecular formula is C47H52Br2N4. The second-order valence-electron chi connectivity index (χ2n) is 14.9. The first kappa shape index (κ1) is 38.7. The Morgan fingerprint density at radius 3 is 2.00 bits per heavy atom. The van der Waals surface area contributed by atoms with E-state index in [-0.39, 0.29) is 39.9 Å². The van der Waals surface area contributed by atoms with Gasteiger partial charge in [0.1, 0.15) is 0 Å². The molecule has 0 spiro atoms. The van der Waals surface area contributed by atoms with Gasteiger partial charge < -0.3 is 9.97 Å². The normalized spacial score (nSPS) is 19.7. The van der Waals surface area contributed by atoms with Crippen LogP contribution in [0.1, 0.15) is 102 Å². The van der Waals surface area contributed by atoms with Gasteiger partial charge in [0, 0.05) is 57.7 Å². The topological polar surface area (TPSA) is 56.3 Å². The van der Waals surface area contributed by atoms with E-state index in [2.05, 4.69) is 137 Å². The lowest BCUT2D eigenvalue weighted by molar-refractivity contribution is 0.640. The molecule has 6 heteroatoms. The Morgan fingerprint density at radius 1 is 0.698 bits per heavy atom. The molecule has 4 aromatic rings. The van der Waals surface area contributed by atoms with E-state index in [1.54, 1.807) is 0 Å². The molecule has 2 N–H and O–H groups in total. The second-order valence-corrected chi connectivity index (χ2v) is 14.9. The van der Waals surface area contributed by atoms with Gasteiger partial charge in [-0.2, -0.15) is 0 Å². The quantitative estimate of drug-likeness (QED) is 0.160. The summed E-state index contributed by atoms with van der Waals surface area (Å²) in [6, 6.07) is 13.3. The molecule has 0 saturated carbocycles. The molecule has 53 heavy (non-hydrogen) atoms. The summed E-state index contributed by atoms with van der Waals surface area (Å²) in [4.78, 5) is 18.4. The summed E-state index contributed by atoms with van der Waals surface area (Å²) >= 11 is 0. The highest BCUT2D eigenvalue weighted by Crippen LogP contribution is 2.45. The molecule has 0 amide bonds. The van der Waals surface area contributed by atoms with Crippen molar-refractivity contribution in [1.82, 2.24) is 9.97 Å². The number of hydrogen-bond acceptors (Lipinski definition) is 2. The average Bonchev–Trinajstić information content (AvgIpc) is 3.83. The van der Waals surface area contributed by atoms with Crippen LogP contribution in [-0.4, -0.2) is 21.4 Å². The molecule has 2 aliphatic carbocycles. The van der Waals surface area contributed by atoms with Gasteiger partial charge in [-0.1, -0.05) is 99.5 Å². The highest BCUT2D eigenvalue weighted by atomic mass is 79.9. The van der Waals surface area contributed by atoms with Gasteiger partial charge in [0.2, 0.25) is 0 Å². The Kier molecular flexibility index (Phi) is 11.8. The molecule has 2 aromatic heterocycles. The second kappa shape index (κ2) is 16.2. The Labute approximate surface area is 336 Å². The molecule has 4 aliphatic rings. The lowest BCUT2D eigenvalue weighted by Crippen LogP contribution is -2.22. The van der Waals surface area contributed by atoms with Crippen molar-refractivity contribution in [3.8, 4) is 0 Å². The number of nitrogens with one attached hydrogen (secondary N) is 2. The monoisotopic (exact) mass is 830 g/mol. The highest BCUT2D eigenvalue weighted by molar-refractivity contribution is 8.93. The first-order valence-electron chi connectivity index (χ1n) is 19.1. The molecule has 8 rings (SSSR count). The number of fused-ring (bicyclic) bond motifs is 5. The van der Waals surface area contributed by atoms with Gasteiger partial charge in [-0.05, 0) is 104 Å².